The van der Waals surface area contributed by atoms with Crippen molar-refractivity contribution in [1.29, 1.82) is 0 Å². The Balaban J connectivity index is 1.83. The molecule has 1 aromatic carbocycles. The van der Waals surface area contributed by atoms with Gasteiger partial charge in [0.15, 0.2) is 5.69 Å². The van der Waals surface area contributed by atoms with Gasteiger partial charge in [-0.05, 0) is 64.7 Å². The summed E-state index contributed by atoms with van der Waals surface area (Å²) >= 11 is 0. The van der Waals surface area contributed by atoms with Crippen LogP contribution in [-0.4, -0.2) is 53.3 Å². The Morgan fingerprint density at radius 2 is 1.90 bits per heavy atom. The van der Waals surface area contributed by atoms with Crippen molar-refractivity contribution in [2.24, 2.45) is 0 Å². The topological polar surface area (TPSA) is 78.7 Å². The Morgan fingerprint density at radius 3 is 2.62 bits per heavy atom. The number of hydrogen-bond donors (Lipinski definition) is 2. The Bertz CT molecular complexity index is 1040. The summed E-state index contributed by atoms with van der Waals surface area (Å²) in [5, 5.41) is 5.79. The lowest BCUT2D eigenvalue weighted by molar-refractivity contribution is 0.0949. The Labute approximate surface area is 170 Å². The average Bonchev–Trinajstić information content (AvgIpc) is 3.07. The summed E-state index contributed by atoms with van der Waals surface area (Å²) in [6.45, 7) is 5.38. The molecule has 2 N–H and O–H groups in total. The molecule has 0 saturated heterocycles. The molecule has 2 heterocycles. The molecule has 3 aromatic rings. The Morgan fingerprint density at radius 1 is 1.10 bits per heavy atom. The predicted octanol–water partition coefficient (Wildman–Crippen LogP) is 2.88. The summed E-state index contributed by atoms with van der Waals surface area (Å²) in [6.07, 6.45) is 2.58. The second-order valence-electron chi connectivity index (χ2n) is 7.43. The summed E-state index contributed by atoms with van der Waals surface area (Å²) in [5.74, 6) is -0.457. The highest BCUT2D eigenvalue weighted by atomic mass is 16.2. The van der Waals surface area contributed by atoms with Crippen LogP contribution in [0.1, 0.15) is 38.7 Å². The van der Waals surface area contributed by atoms with Crippen molar-refractivity contribution in [1.82, 2.24) is 19.6 Å². The fraction of sp³-hybridized carbons (Fsp3) is 0.318. The number of carbonyl (C=O) groups excluding carboxylic acids is 2. The minimum Gasteiger partial charge on any atom is -0.351 e. The molecule has 0 unspecified atom stereocenters. The summed E-state index contributed by atoms with van der Waals surface area (Å²) in [7, 11) is 3.98. The van der Waals surface area contributed by atoms with E-state index in [0.29, 0.717) is 12.1 Å². The van der Waals surface area contributed by atoms with E-state index in [1.165, 1.54) is 0 Å². The molecule has 0 fully saturated rings. The number of imidazole rings is 1. The Hall–Kier alpha value is -3.19. The van der Waals surface area contributed by atoms with Crippen LogP contribution in [0.15, 0.2) is 42.6 Å². The number of rotatable bonds is 7. The lowest BCUT2D eigenvalue weighted by Crippen LogP contribution is -2.27. The van der Waals surface area contributed by atoms with Crippen LogP contribution in [0.5, 0.6) is 0 Å². The van der Waals surface area contributed by atoms with E-state index in [0.717, 1.165) is 29.8 Å². The van der Waals surface area contributed by atoms with Gasteiger partial charge < -0.3 is 15.5 Å². The van der Waals surface area contributed by atoms with Gasteiger partial charge in [0.1, 0.15) is 0 Å². The first-order valence-corrected chi connectivity index (χ1v) is 9.65. The molecule has 152 valence electrons. The maximum atomic E-state index is 12.9. The Kier molecular flexibility index (Phi) is 6.29. The molecule has 0 bridgehead atoms. The molecule has 7 nitrogen and oxygen atoms in total. The molecule has 2 aromatic heterocycles. The highest BCUT2D eigenvalue weighted by Gasteiger charge is 2.21. The zero-order valence-corrected chi connectivity index (χ0v) is 17.3. The number of anilines is 1. The fourth-order valence-corrected chi connectivity index (χ4v) is 3.18. The number of amides is 2. The molecule has 0 aliphatic carbocycles. The smallest absolute Gasteiger partial charge is 0.292 e. The zero-order valence-electron chi connectivity index (χ0n) is 17.3. The van der Waals surface area contributed by atoms with Gasteiger partial charge in [-0.3, -0.25) is 14.0 Å². The van der Waals surface area contributed by atoms with Crippen LogP contribution in [0.4, 0.5) is 5.69 Å². The van der Waals surface area contributed by atoms with Crippen LogP contribution < -0.4 is 10.6 Å². The number of benzene rings is 1. The largest absolute Gasteiger partial charge is 0.351 e. The van der Waals surface area contributed by atoms with Crippen molar-refractivity contribution in [2.45, 2.75) is 20.3 Å². The highest BCUT2D eigenvalue weighted by Crippen LogP contribution is 2.19. The normalized spacial score (nSPS) is 11.1. The van der Waals surface area contributed by atoms with Crippen LogP contribution in [-0.2, 0) is 0 Å². The van der Waals surface area contributed by atoms with Gasteiger partial charge in [-0.25, -0.2) is 4.98 Å². The van der Waals surface area contributed by atoms with Gasteiger partial charge in [0.2, 0.25) is 5.82 Å². The van der Waals surface area contributed by atoms with E-state index in [1.54, 1.807) is 22.7 Å². The third kappa shape index (κ3) is 4.81. The van der Waals surface area contributed by atoms with E-state index >= 15 is 0 Å². The molecular formula is C22H27N5O2. The molecule has 2 amide bonds. The molecule has 0 aliphatic heterocycles. The maximum absolute atomic E-state index is 12.9. The van der Waals surface area contributed by atoms with Gasteiger partial charge in [-0.1, -0.05) is 23.8 Å². The number of carbonyl (C=O) groups is 2. The third-order valence-electron chi connectivity index (χ3n) is 4.66. The van der Waals surface area contributed by atoms with Crippen molar-refractivity contribution < 1.29 is 9.59 Å². The fourth-order valence-electron chi connectivity index (χ4n) is 3.18. The number of aryl methyl sites for hydroxylation is 2. The van der Waals surface area contributed by atoms with Gasteiger partial charge in [0, 0.05) is 18.4 Å². The van der Waals surface area contributed by atoms with Crippen molar-refractivity contribution >= 4 is 23.0 Å². The summed E-state index contributed by atoms with van der Waals surface area (Å²) in [5.41, 5.74) is 3.67. The lowest BCUT2D eigenvalue weighted by atomic mass is 10.1. The van der Waals surface area contributed by atoms with Crippen LogP contribution in [0.3, 0.4) is 0 Å². The highest BCUT2D eigenvalue weighted by molar-refractivity contribution is 6.06. The van der Waals surface area contributed by atoms with Crippen LogP contribution >= 0.6 is 0 Å². The first kappa shape index (κ1) is 20.5. The quantitative estimate of drug-likeness (QED) is 0.605. The summed E-state index contributed by atoms with van der Waals surface area (Å²) < 4.78 is 1.65. The van der Waals surface area contributed by atoms with Gasteiger partial charge in [0.05, 0.1) is 5.52 Å². The minimum atomic E-state index is -0.357. The van der Waals surface area contributed by atoms with Crippen molar-refractivity contribution in [2.75, 3.05) is 32.5 Å². The van der Waals surface area contributed by atoms with E-state index in [-0.39, 0.29) is 23.3 Å². The molecule has 0 atom stereocenters. The van der Waals surface area contributed by atoms with Crippen molar-refractivity contribution in [3.05, 3.63) is 65.2 Å². The number of fused-ring (bicyclic) bond motifs is 1. The van der Waals surface area contributed by atoms with Gasteiger partial charge in [-0.2, -0.15) is 0 Å². The molecule has 3 rings (SSSR count). The summed E-state index contributed by atoms with van der Waals surface area (Å²) in [6, 6.07) is 11.2. The molecule has 0 aliphatic rings. The number of aromatic nitrogens is 2. The first-order chi connectivity index (χ1) is 13.9. The lowest BCUT2D eigenvalue weighted by Gasteiger charge is -2.09. The first-order valence-electron chi connectivity index (χ1n) is 9.65. The monoisotopic (exact) mass is 393 g/mol. The summed E-state index contributed by atoms with van der Waals surface area (Å²) in [4.78, 5) is 32.0. The minimum absolute atomic E-state index is 0.180. The second kappa shape index (κ2) is 8.87. The van der Waals surface area contributed by atoms with E-state index in [2.05, 4.69) is 20.5 Å². The predicted molar refractivity (Wildman–Crippen MR) is 115 cm³/mol. The standard InChI is InChI=1S/C22H27N5O2/c1-15-9-10-17(16(2)14-15)24-22(29)20-25-19(18-8-5-6-13-27(18)20)21(28)23-11-7-12-26(3)4/h5-6,8-10,13-14H,7,11-12H2,1-4H3,(H,23,28)(H,24,29). The molecule has 7 heteroatoms. The van der Waals surface area contributed by atoms with Crippen LogP contribution in [0.2, 0.25) is 0 Å². The molecular weight excluding hydrogens is 366 g/mol. The molecule has 29 heavy (non-hydrogen) atoms. The average molecular weight is 393 g/mol. The van der Waals surface area contributed by atoms with E-state index in [9.17, 15) is 9.59 Å². The third-order valence-corrected chi connectivity index (χ3v) is 4.66. The molecule has 0 saturated carbocycles. The van der Waals surface area contributed by atoms with Gasteiger partial charge >= 0.3 is 0 Å². The molecule has 0 radical (unpaired) electrons. The number of hydrogen-bond acceptors (Lipinski definition) is 4. The van der Waals surface area contributed by atoms with Gasteiger partial charge in [-0.15, -0.1) is 0 Å². The van der Waals surface area contributed by atoms with E-state index < -0.39 is 0 Å². The maximum Gasteiger partial charge on any atom is 0.292 e. The van der Waals surface area contributed by atoms with E-state index in [1.807, 2.05) is 52.2 Å². The SMILES string of the molecule is Cc1ccc(NC(=O)c2nc(C(=O)NCCCN(C)C)c3ccccn23)c(C)c1. The van der Waals surface area contributed by atoms with Crippen molar-refractivity contribution in [3.63, 3.8) is 0 Å². The second-order valence-corrected chi connectivity index (χ2v) is 7.43. The van der Waals surface area contributed by atoms with E-state index in [4.69, 9.17) is 0 Å². The van der Waals surface area contributed by atoms with Crippen LogP contribution in [0, 0.1) is 13.8 Å². The molecule has 0 spiro atoms. The number of nitrogens with zero attached hydrogens (tertiary/aromatic N) is 3. The zero-order chi connectivity index (χ0) is 21.0. The van der Waals surface area contributed by atoms with Crippen molar-refractivity contribution in [3.8, 4) is 0 Å². The number of pyridine rings is 1. The number of nitrogens with one attached hydrogen (secondary N) is 2. The van der Waals surface area contributed by atoms with Crippen LogP contribution in [0.25, 0.3) is 5.52 Å². The van der Waals surface area contributed by atoms with Gasteiger partial charge in [0.25, 0.3) is 11.8 Å².